The van der Waals surface area contributed by atoms with Crippen LogP contribution in [-0.2, 0) is 13.6 Å². The Balaban J connectivity index is 4.36. The highest BCUT2D eigenvalue weighted by atomic mass is 28.4. The van der Waals surface area contributed by atoms with E-state index in [-0.39, 0.29) is 6.04 Å². The standard InChI is InChI=1S/C10H22O4Si/c1-4-7-13-15(6-3,9-10(11)12)14-8-5-2/h4-9H2,1-3H3,(H,11,12). The topological polar surface area (TPSA) is 55.8 Å². The van der Waals surface area contributed by atoms with Gasteiger partial charge in [-0.3, -0.25) is 4.79 Å². The van der Waals surface area contributed by atoms with Crippen molar-refractivity contribution < 1.29 is 18.8 Å². The third-order valence-electron chi connectivity index (χ3n) is 2.10. The molecule has 4 nitrogen and oxygen atoms in total. The van der Waals surface area contributed by atoms with Crippen molar-refractivity contribution in [3.8, 4) is 0 Å². The van der Waals surface area contributed by atoms with Gasteiger partial charge in [-0.2, -0.15) is 0 Å². The molecule has 90 valence electrons. The summed E-state index contributed by atoms with van der Waals surface area (Å²) in [5.41, 5.74) is 0. The van der Waals surface area contributed by atoms with Gasteiger partial charge in [-0.25, -0.2) is 0 Å². The van der Waals surface area contributed by atoms with Gasteiger partial charge < -0.3 is 14.0 Å². The molecule has 0 amide bonds. The Morgan fingerprint density at radius 1 is 1.13 bits per heavy atom. The first-order valence-electron chi connectivity index (χ1n) is 5.60. The highest BCUT2D eigenvalue weighted by Crippen LogP contribution is 2.19. The first-order valence-corrected chi connectivity index (χ1v) is 7.83. The second-order valence-corrected chi connectivity index (χ2v) is 6.99. The Morgan fingerprint density at radius 3 is 1.87 bits per heavy atom. The van der Waals surface area contributed by atoms with E-state index >= 15 is 0 Å². The van der Waals surface area contributed by atoms with Crippen LogP contribution in [0.15, 0.2) is 0 Å². The number of carboxylic acids is 1. The average molecular weight is 234 g/mol. The molecule has 1 N–H and O–H groups in total. The quantitative estimate of drug-likeness (QED) is 0.622. The van der Waals surface area contributed by atoms with Gasteiger partial charge in [-0.05, 0) is 18.9 Å². The molecule has 0 aliphatic rings. The maximum absolute atomic E-state index is 10.8. The summed E-state index contributed by atoms with van der Waals surface area (Å²) in [7, 11) is -2.47. The summed E-state index contributed by atoms with van der Waals surface area (Å²) in [5, 5.41) is 8.85. The molecule has 0 bridgehead atoms. The number of carbonyl (C=O) groups is 1. The number of hydrogen-bond donors (Lipinski definition) is 1. The van der Waals surface area contributed by atoms with Crippen LogP contribution in [0, 0.1) is 0 Å². The van der Waals surface area contributed by atoms with Crippen molar-refractivity contribution in [3.05, 3.63) is 0 Å². The van der Waals surface area contributed by atoms with Crippen molar-refractivity contribution in [2.45, 2.75) is 45.7 Å². The fourth-order valence-corrected chi connectivity index (χ4v) is 3.84. The molecule has 0 aliphatic heterocycles. The van der Waals surface area contributed by atoms with E-state index in [1.807, 2.05) is 20.8 Å². The van der Waals surface area contributed by atoms with Gasteiger partial charge in [0.25, 0.3) is 0 Å². The third kappa shape index (κ3) is 5.91. The van der Waals surface area contributed by atoms with Crippen molar-refractivity contribution in [3.63, 3.8) is 0 Å². The molecule has 0 fully saturated rings. The van der Waals surface area contributed by atoms with Gasteiger partial charge >= 0.3 is 14.5 Å². The molecule has 0 radical (unpaired) electrons. The van der Waals surface area contributed by atoms with E-state index < -0.39 is 14.5 Å². The zero-order valence-electron chi connectivity index (χ0n) is 9.91. The monoisotopic (exact) mass is 234 g/mol. The molecule has 0 aromatic carbocycles. The molecule has 0 spiro atoms. The zero-order valence-corrected chi connectivity index (χ0v) is 10.9. The van der Waals surface area contributed by atoms with E-state index in [1.165, 1.54) is 0 Å². The number of carboxylic acid groups (broad SMARTS) is 1. The van der Waals surface area contributed by atoms with Crippen LogP contribution in [0.5, 0.6) is 0 Å². The lowest BCUT2D eigenvalue weighted by Gasteiger charge is -2.28. The predicted molar refractivity (Wildman–Crippen MR) is 61.2 cm³/mol. The molecule has 0 atom stereocenters. The lowest BCUT2D eigenvalue weighted by molar-refractivity contribution is -0.135. The number of rotatable bonds is 9. The summed E-state index contributed by atoms with van der Waals surface area (Å²) < 4.78 is 11.4. The Morgan fingerprint density at radius 2 is 1.60 bits per heavy atom. The highest BCUT2D eigenvalue weighted by molar-refractivity contribution is 6.70. The molecular weight excluding hydrogens is 212 g/mol. The van der Waals surface area contributed by atoms with E-state index in [1.54, 1.807) is 0 Å². The second-order valence-electron chi connectivity index (χ2n) is 3.53. The van der Waals surface area contributed by atoms with Crippen molar-refractivity contribution >= 4 is 14.5 Å². The third-order valence-corrected chi connectivity index (χ3v) is 5.48. The van der Waals surface area contributed by atoms with E-state index in [0.29, 0.717) is 19.3 Å². The summed E-state index contributed by atoms with van der Waals surface area (Å²) in [6, 6.07) is 0.739. The first-order chi connectivity index (χ1) is 7.10. The smallest absolute Gasteiger partial charge is 0.349 e. The zero-order chi connectivity index (χ0) is 11.7. The summed E-state index contributed by atoms with van der Waals surface area (Å²) in [4.78, 5) is 10.8. The van der Waals surface area contributed by atoms with Crippen LogP contribution < -0.4 is 0 Å². The molecule has 5 heteroatoms. The second kappa shape index (κ2) is 7.84. The van der Waals surface area contributed by atoms with Crippen LogP contribution in [0.4, 0.5) is 0 Å². The van der Waals surface area contributed by atoms with E-state index in [4.69, 9.17) is 14.0 Å². The molecule has 0 aliphatic carbocycles. The molecule has 0 saturated carbocycles. The van der Waals surface area contributed by atoms with Gasteiger partial charge in [0, 0.05) is 13.2 Å². The summed E-state index contributed by atoms with van der Waals surface area (Å²) in [6.07, 6.45) is 1.79. The fraction of sp³-hybridized carbons (Fsp3) is 0.900. The maximum Gasteiger partial charge on any atom is 0.349 e. The molecule has 0 rings (SSSR count). The normalized spacial score (nSPS) is 11.7. The number of hydrogen-bond acceptors (Lipinski definition) is 3. The molecule has 15 heavy (non-hydrogen) atoms. The van der Waals surface area contributed by atoms with Crippen LogP contribution in [0.1, 0.15) is 33.6 Å². The molecule has 0 aromatic rings. The Hall–Kier alpha value is -0.393. The highest BCUT2D eigenvalue weighted by Gasteiger charge is 2.38. The molecular formula is C10H22O4Si. The minimum Gasteiger partial charge on any atom is -0.481 e. The van der Waals surface area contributed by atoms with Crippen LogP contribution in [-0.4, -0.2) is 32.9 Å². The Kier molecular flexibility index (Phi) is 7.64. The predicted octanol–water partition coefficient (Wildman–Crippen LogP) is 2.39. The van der Waals surface area contributed by atoms with E-state index in [0.717, 1.165) is 12.8 Å². The van der Waals surface area contributed by atoms with Crippen molar-refractivity contribution in [1.29, 1.82) is 0 Å². The average Bonchev–Trinajstić information content (AvgIpc) is 2.22. The van der Waals surface area contributed by atoms with Crippen molar-refractivity contribution in [2.75, 3.05) is 13.2 Å². The van der Waals surface area contributed by atoms with Crippen LogP contribution in [0.2, 0.25) is 12.1 Å². The maximum atomic E-state index is 10.8. The Labute approximate surface area is 92.8 Å². The van der Waals surface area contributed by atoms with Gasteiger partial charge in [-0.1, -0.05) is 20.8 Å². The minimum atomic E-state index is -2.47. The van der Waals surface area contributed by atoms with Gasteiger partial charge in [0.2, 0.25) is 0 Å². The number of aliphatic carboxylic acids is 1. The van der Waals surface area contributed by atoms with Crippen molar-refractivity contribution in [2.24, 2.45) is 0 Å². The van der Waals surface area contributed by atoms with Crippen LogP contribution in [0.25, 0.3) is 0 Å². The lowest BCUT2D eigenvalue weighted by atomic mass is 10.5. The van der Waals surface area contributed by atoms with Crippen molar-refractivity contribution in [1.82, 2.24) is 0 Å². The SMILES string of the molecule is CCCO[Si](CC)(CC(=O)O)OCCC. The molecule has 0 saturated heterocycles. The van der Waals surface area contributed by atoms with Gasteiger partial charge in [0.15, 0.2) is 0 Å². The van der Waals surface area contributed by atoms with E-state index in [9.17, 15) is 4.79 Å². The summed E-state index contributed by atoms with van der Waals surface area (Å²) in [5.74, 6) is -0.823. The lowest BCUT2D eigenvalue weighted by Crippen LogP contribution is -2.44. The molecule has 0 unspecified atom stereocenters. The molecule has 0 aromatic heterocycles. The Bertz CT molecular complexity index is 176. The summed E-state index contributed by atoms with van der Waals surface area (Å²) in [6.45, 7) is 7.15. The van der Waals surface area contributed by atoms with E-state index in [2.05, 4.69) is 0 Å². The summed E-state index contributed by atoms with van der Waals surface area (Å²) >= 11 is 0. The van der Waals surface area contributed by atoms with Crippen LogP contribution >= 0.6 is 0 Å². The minimum absolute atomic E-state index is 0.0451. The fourth-order valence-electron chi connectivity index (χ4n) is 1.28. The van der Waals surface area contributed by atoms with Gasteiger partial charge in [-0.15, -0.1) is 0 Å². The largest absolute Gasteiger partial charge is 0.481 e. The first kappa shape index (κ1) is 14.6. The van der Waals surface area contributed by atoms with Gasteiger partial charge in [0.05, 0.1) is 6.04 Å². The van der Waals surface area contributed by atoms with Gasteiger partial charge in [0.1, 0.15) is 0 Å². The van der Waals surface area contributed by atoms with Crippen LogP contribution in [0.3, 0.4) is 0 Å². The molecule has 0 heterocycles.